The van der Waals surface area contributed by atoms with E-state index in [4.69, 9.17) is 42.4 Å². The van der Waals surface area contributed by atoms with Crippen LogP contribution in [0.1, 0.15) is 119 Å². The minimum absolute atomic E-state index is 0.00423. The molecule has 398 valence electrons. The maximum Gasteiger partial charge on any atom is 0.403 e. The predicted molar refractivity (Wildman–Crippen MR) is 240 cm³/mol. The second kappa shape index (κ2) is 30.9. The van der Waals surface area contributed by atoms with E-state index in [0.29, 0.717) is 0 Å². The standard InChI is InChI=1S/C44H75N2O22P/c1-9-24(48)16-37(55)66-43-39(45-32(50)17-25(10-2)63-34(52)13-5)28(49)21-60-31(41(43)57)23-62-30-22-61-29(20-47)42(68-69(8,58)59)44(67-38(56)19-27(12-4)65-36(54)15-7)40(30)46-33(51)18-26(11-3)64-35(53)14-6/h24-31,39-44,47-49,57-59H,9-23H2,1-8H3,(H-,45,46,50,51)/p+1. The normalized spacial score (nSPS) is 26.9. The summed E-state index contributed by atoms with van der Waals surface area (Å²) in [6.07, 6.45) is -18.2. The van der Waals surface area contributed by atoms with E-state index in [9.17, 15) is 63.8 Å². The molecule has 2 rings (SSSR count). The monoisotopic (exact) mass is 1020 g/mol. The largest absolute Gasteiger partial charge is 0.462 e. The molecule has 0 aromatic heterocycles. The van der Waals surface area contributed by atoms with E-state index in [0.717, 1.165) is 6.66 Å². The molecule has 2 saturated heterocycles. The first-order valence-corrected chi connectivity index (χ1v) is 25.7. The lowest BCUT2D eigenvalue weighted by atomic mass is 9.96. The summed E-state index contributed by atoms with van der Waals surface area (Å²) in [5.41, 5.74) is 0. The number of hydrogen-bond donors (Lipinski definition) is 8. The van der Waals surface area contributed by atoms with Gasteiger partial charge >= 0.3 is 37.8 Å². The lowest BCUT2D eigenvalue weighted by Crippen LogP contribution is -2.59. The number of amides is 2. The number of aliphatic hydroxyl groups is 4. The van der Waals surface area contributed by atoms with Crippen LogP contribution < -0.4 is 10.6 Å². The zero-order chi connectivity index (χ0) is 52.0. The van der Waals surface area contributed by atoms with Crippen molar-refractivity contribution in [2.24, 2.45) is 0 Å². The highest BCUT2D eigenvalue weighted by molar-refractivity contribution is 7.58. The van der Waals surface area contributed by atoms with Crippen LogP contribution >= 0.6 is 7.94 Å². The highest BCUT2D eigenvalue weighted by Crippen LogP contribution is 2.49. The Labute approximate surface area is 403 Å². The molecule has 0 radical (unpaired) electrons. The molecule has 2 heterocycles. The second-order valence-electron chi connectivity index (χ2n) is 16.9. The van der Waals surface area contributed by atoms with Gasteiger partial charge in [-0.3, -0.25) is 33.6 Å². The number of esters is 5. The Hall–Kier alpha value is -3.68. The summed E-state index contributed by atoms with van der Waals surface area (Å²) in [6, 6.07) is -3.11. The number of rotatable bonds is 28. The molecule has 0 bridgehead atoms. The number of hydrogen-bond acceptors (Lipinski definition) is 22. The fourth-order valence-corrected chi connectivity index (χ4v) is 7.94. The van der Waals surface area contributed by atoms with Gasteiger partial charge in [0.25, 0.3) is 0 Å². The number of aliphatic hydroxyl groups excluding tert-OH is 4. The third-order valence-corrected chi connectivity index (χ3v) is 11.9. The van der Waals surface area contributed by atoms with Crippen molar-refractivity contribution in [3.8, 4) is 0 Å². The lowest BCUT2D eigenvalue weighted by molar-refractivity contribution is -0.173. The van der Waals surface area contributed by atoms with Gasteiger partial charge in [-0.05, 0) is 25.7 Å². The predicted octanol–water partition coefficient (Wildman–Crippen LogP) is -0.0346. The van der Waals surface area contributed by atoms with Crippen LogP contribution in [0.5, 0.6) is 0 Å². The van der Waals surface area contributed by atoms with Gasteiger partial charge in [-0.15, -0.1) is 0 Å². The Kier molecular flexibility index (Phi) is 27.5. The molecule has 14 atom stereocenters. The lowest BCUT2D eigenvalue weighted by Gasteiger charge is -2.36. The Morgan fingerprint density at radius 1 is 0.609 bits per heavy atom. The van der Waals surface area contributed by atoms with Crippen molar-refractivity contribution in [1.29, 1.82) is 0 Å². The van der Waals surface area contributed by atoms with E-state index in [1.807, 2.05) is 0 Å². The molecule has 8 N–H and O–H groups in total. The molecule has 2 aliphatic heterocycles. The van der Waals surface area contributed by atoms with Gasteiger partial charge in [0.15, 0.2) is 18.3 Å². The first-order valence-electron chi connectivity index (χ1n) is 23.6. The van der Waals surface area contributed by atoms with Gasteiger partial charge in [0, 0.05) is 19.3 Å². The van der Waals surface area contributed by atoms with Gasteiger partial charge in [0.05, 0.1) is 70.3 Å². The van der Waals surface area contributed by atoms with Crippen molar-refractivity contribution in [1.82, 2.24) is 10.6 Å². The van der Waals surface area contributed by atoms with Crippen LogP contribution in [0.25, 0.3) is 0 Å². The molecular formula is C44H76N2O22P+. The van der Waals surface area contributed by atoms with E-state index in [1.165, 1.54) is 0 Å². The molecule has 14 unspecified atom stereocenters. The van der Waals surface area contributed by atoms with Crippen molar-refractivity contribution < 1.29 is 106 Å². The summed E-state index contributed by atoms with van der Waals surface area (Å²) in [4.78, 5) is 112. The third-order valence-electron chi connectivity index (χ3n) is 11.3. The van der Waals surface area contributed by atoms with Gasteiger partial charge in [0.1, 0.15) is 55.5 Å². The SMILES string of the molecule is CCC(=O)OC(CC)CC(=O)NC1C(O)COC(COC2COC(CO)C(O[P+](C)(O)O)C(OC(=O)CC(CC)OC(=O)CC)C2NC(=O)CC(CC)OC(=O)CC)C(O)C1OC(=O)CC(O)CC. The zero-order valence-corrected chi connectivity index (χ0v) is 41.7. The molecule has 25 heteroatoms. The van der Waals surface area contributed by atoms with Gasteiger partial charge in [-0.2, -0.15) is 14.3 Å². The van der Waals surface area contributed by atoms with E-state index in [1.54, 1.807) is 48.5 Å². The van der Waals surface area contributed by atoms with Gasteiger partial charge in [0.2, 0.25) is 11.8 Å². The maximum absolute atomic E-state index is 13.9. The van der Waals surface area contributed by atoms with Gasteiger partial charge < -0.3 is 69.0 Å². The molecule has 0 spiro atoms. The fourth-order valence-electron chi connectivity index (χ4n) is 7.22. The maximum atomic E-state index is 13.9. The first kappa shape index (κ1) is 61.4. The minimum atomic E-state index is -4.29. The molecule has 2 amide bonds. The average Bonchev–Trinajstić information content (AvgIpc) is 3.49. The van der Waals surface area contributed by atoms with E-state index in [2.05, 4.69) is 10.6 Å². The Bertz CT molecular complexity index is 1630. The zero-order valence-electron chi connectivity index (χ0n) is 40.9. The Morgan fingerprint density at radius 2 is 1.07 bits per heavy atom. The van der Waals surface area contributed by atoms with Crippen LogP contribution in [-0.4, -0.2) is 190 Å². The van der Waals surface area contributed by atoms with Crippen LogP contribution in [0.3, 0.4) is 0 Å². The highest BCUT2D eigenvalue weighted by atomic mass is 31.2. The van der Waals surface area contributed by atoms with Crippen LogP contribution in [0.4, 0.5) is 0 Å². The fraction of sp³-hybridized carbons (Fsp3) is 0.841. The molecule has 0 aliphatic carbocycles. The molecule has 2 aliphatic rings. The number of carbonyl (C=O) groups excluding carboxylic acids is 7. The Balaban J connectivity index is 2.67. The summed E-state index contributed by atoms with van der Waals surface area (Å²) in [5.74, 6) is -5.31. The molecule has 2 fully saturated rings. The van der Waals surface area contributed by atoms with Crippen molar-refractivity contribution in [3.63, 3.8) is 0 Å². The number of ether oxygens (including phenoxy) is 8. The molecular weight excluding hydrogens is 939 g/mol. The second-order valence-corrected chi connectivity index (χ2v) is 18.7. The molecule has 0 saturated carbocycles. The summed E-state index contributed by atoms with van der Waals surface area (Å²) in [5, 5.41) is 49.3. The van der Waals surface area contributed by atoms with Crippen LogP contribution in [-0.2, 0) is 76.0 Å². The molecule has 69 heavy (non-hydrogen) atoms. The minimum Gasteiger partial charge on any atom is -0.462 e. The summed E-state index contributed by atoms with van der Waals surface area (Å²) >= 11 is 0. The quantitative estimate of drug-likeness (QED) is 0.0290. The smallest absolute Gasteiger partial charge is 0.403 e. The van der Waals surface area contributed by atoms with Crippen molar-refractivity contribution in [3.05, 3.63) is 0 Å². The van der Waals surface area contributed by atoms with Gasteiger partial charge in [-0.1, -0.05) is 48.5 Å². The highest BCUT2D eigenvalue weighted by Gasteiger charge is 2.53. The summed E-state index contributed by atoms with van der Waals surface area (Å²) in [6.45, 7) is 9.56. The Morgan fingerprint density at radius 3 is 1.54 bits per heavy atom. The molecule has 0 aromatic carbocycles. The van der Waals surface area contributed by atoms with Gasteiger partial charge in [-0.25, -0.2) is 0 Å². The van der Waals surface area contributed by atoms with E-state index in [-0.39, 0.29) is 51.4 Å². The third kappa shape index (κ3) is 21.3. The summed E-state index contributed by atoms with van der Waals surface area (Å²) in [7, 11) is -4.29. The topological polar surface area (TPSA) is 348 Å². The van der Waals surface area contributed by atoms with Crippen molar-refractivity contribution in [2.45, 2.75) is 204 Å². The number of nitrogens with one attached hydrogen (secondary N) is 2. The van der Waals surface area contributed by atoms with Crippen LogP contribution in [0.15, 0.2) is 0 Å². The average molecular weight is 1020 g/mol. The summed E-state index contributed by atoms with van der Waals surface area (Å²) < 4.78 is 51.4. The van der Waals surface area contributed by atoms with E-state index >= 15 is 0 Å². The van der Waals surface area contributed by atoms with Crippen LogP contribution in [0, 0.1) is 0 Å². The van der Waals surface area contributed by atoms with Crippen molar-refractivity contribution >= 4 is 49.6 Å². The van der Waals surface area contributed by atoms with E-state index < -0.39 is 181 Å². The van der Waals surface area contributed by atoms with Crippen molar-refractivity contribution in [2.75, 3.05) is 33.1 Å². The molecule has 24 nitrogen and oxygen atoms in total. The number of carbonyl (C=O) groups is 7. The molecule has 0 aromatic rings. The first-order chi connectivity index (χ1) is 32.6. The van der Waals surface area contributed by atoms with Crippen LogP contribution in [0.2, 0.25) is 0 Å².